The van der Waals surface area contributed by atoms with E-state index in [0.717, 1.165) is 24.6 Å². The highest BCUT2D eigenvalue weighted by atomic mass is 16.5. The summed E-state index contributed by atoms with van der Waals surface area (Å²) in [5.74, 6) is 1.85. The summed E-state index contributed by atoms with van der Waals surface area (Å²) in [6, 6.07) is 8.48. The number of fused-ring (bicyclic) bond motifs is 1. The van der Waals surface area contributed by atoms with Crippen molar-refractivity contribution in [3.63, 3.8) is 0 Å². The van der Waals surface area contributed by atoms with Crippen LogP contribution in [0.5, 0.6) is 5.75 Å². The smallest absolute Gasteiger partial charge is 0.123 e. The van der Waals surface area contributed by atoms with Gasteiger partial charge in [0.15, 0.2) is 0 Å². The minimum absolute atomic E-state index is 0.403. The van der Waals surface area contributed by atoms with E-state index in [0.29, 0.717) is 11.5 Å². The number of benzene rings is 1. The molecule has 1 fully saturated rings. The van der Waals surface area contributed by atoms with Gasteiger partial charge in [-0.2, -0.15) is 0 Å². The van der Waals surface area contributed by atoms with Gasteiger partial charge in [-0.05, 0) is 48.8 Å². The molecule has 1 unspecified atom stereocenters. The minimum atomic E-state index is 0.403. The van der Waals surface area contributed by atoms with Gasteiger partial charge in [-0.3, -0.25) is 0 Å². The Morgan fingerprint density at radius 2 is 2.11 bits per heavy atom. The fourth-order valence-electron chi connectivity index (χ4n) is 3.11. The monoisotopic (exact) mass is 259 g/mol. The van der Waals surface area contributed by atoms with Gasteiger partial charge in [0.25, 0.3) is 0 Å². The molecular formula is C17H25NO. The lowest BCUT2D eigenvalue weighted by atomic mass is 9.95. The second-order valence-electron chi connectivity index (χ2n) is 6.78. The van der Waals surface area contributed by atoms with Gasteiger partial charge in [-0.25, -0.2) is 0 Å². The van der Waals surface area contributed by atoms with Crippen LogP contribution in [0.15, 0.2) is 24.3 Å². The van der Waals surface area contributed by atoms with Crippen LogP contribution in [0.3, 0.4) is 0 Å². The molecule has 1 N–H and O–H groups in total. The van der Waals surface area contributed by atoms with Crippen molar-refractivity contribution in [3.05, 3.63) is 29.8 Å². The molecule has 104 valence electrons. The van der Waals surface area contributed by atoms with E-state index in [2.05, 4.69) is 43.4 Å². The third kappa shape index (κ3) is 3.11. The molecule has 0 aromatic heterocycles. The molecule has 0 saturated heterocycles. The Bertz CT molecular complexity index is 412. The van der Waals surface area contributed by atoms with Gasteiger partial charge in [0.1, 0.15) is 11.9 Å². The number of ether oxygens (including phenoxy) is 1. The van der Waals surface area contributed by atoms with Gasteiger partial charge in [0, 0.05) is 13.0 Å². The minimum Gasteiger partial charge on any atom is -0.490 e. The summed E-state index contributed by atoms with van der Waals surface area (Å²) < 4.78 is 6.08. The number of hydrogen-bond donors (Lipinski definition) is 1. The van der Waals surface area contributed by atoms with Crippen molar-refractivity contribution in [1.29, 1.82) is 0 Å². The first-order valence-corrected chi connectivity index (χ1v) is 7.62. The zero-order valence-corrected chi connectivity index (χ0v) is 12.1. The lowest BCUT2D eigenvalue weighted by molar-refractivity contribution is 0.183. The van der Waals surface area contributed by atoms with Gasteiger partial charge < -0.3 is 10.1 Å². The van der Waals surface area contributed by atoms with E-state index < -0.39 is 0 Å². The molecule has 0 spiro atoms. The van der Waals surface area contributed by atoms with Gasteiger partial charge in [-0.1, -0.05) is 32.0 Å². The standard InChI is InChI=1S/C17H25NO/c1-13(2)11-18-12-17(7-8-17)10-15-9-14-5-3-4-6-16(14)19-15/h3-6,13,15,18H,7-12H2,1-2H3. The Hall–Kier alpha value is -1.02. The number of nitrogens with one attached hydrogen (secondary N) is 1. The van der Waals surface area contributed by atoms with Crippen molar-refractivity contribution >= 4 is 0 Å². The molecule has 1 aliphatic carbocycles. The third-order valence-corrected chi connectivity index (χ3v) is 4.38. The average Bonchev–Trinajstić information content (AvgIpc) is 3.00. The maximum atomic E-state index is 6.08. The molecule has 2 heteroatoms. The zero-order valence-electron chi connectivity index (χ0n) is 12.1. The molecule has 0 radical (unpaired) electrons. The molecule has 1 aliphatic heterocycles. The largest absolute Gasteiger partial charge is 0.490 e. The van der Waals surface area contributed by atoms with Crippen LogP contribution < -0.4 is 10.1 Å². The second kappa shape index (κ2) is 5.16. The normalized spacial score (nSPS) is 23.2. The molecule has 19 heavy (non-hydrogen) atoms. The molecule has 0 bridgehead atoms. The van der Waals surface area contributed by atoms with Crippen LogP contribution in [0.25, 0.3) is 0 Å². The van der Waals surface area contributed by atoms with Crippen molar-refractivity contribution in [2.45, 2.75) is 45.6 Å². The zero-order chi connectivity index (χ0) is 13.3. The number of hydrogen-bond acceptors (Lipinski definition) is 2. The van der Waals surface area contributed by atoms with Crippen molar-refractivity contribution in [1.82, 2.24) is 5.32 Å². The summed E-state index contributed by atoms with van der Waals surface area (Å²) in [5.41, 5.74) is 1.92. The van der Waals surface area contributed by atoms with Crippen LogP contribution in [0, 0.1) is 11.3 Å². The quantitative estimate of drug-likeness (QED) is 0.845. The lowest BCUT2D eigenvalue weighted by Crippen LogP contribution is -2.30. The Kier molecular flexibility index (Phi) is 3.53. The van der Waals surface area contributed by atoms with E-state index in [-0.39, 0.29) is 0 Å². The molecule has 1 saturated carbocycles. The van der Waals surface area contributed by atoms with Crippen LogP contribution in [-0.4, -0.2) is 19.2 Å². The van der Waals surface area contributed by atoms with Gasteiger partial charge in [0.2, 0.25) is 0 Å². The van der Waals surface area contributed by atoms with Crippen LogP contribution in [-0.2, 0) is 6.42 Å². The molecule has 2 nitrogen and oxygen atoms in total. The number of para-hydroxylation sites is 1. The third-order valence-electron chi connectivity index (χ3n) is 4.38. The summed E-state index contributed by atoms with van der Waals surface area (Å²) >= 11 is 0. The Morgan fingerprint density at radius 3 is 2.79 bits per heavy atom. The first-order valence-electron chi connectivity index (χ1n) is 7.62. The topological polar surface area (TPSA) is 21.3 Å². The fraction of sp³-hybridized carbons (Fsp3) is 0.647. The van der Waals surface area contributed by atoms with Gasteiger partial charge in [-0.15, -0.1) is 0 Å². The second-order valence-corrected chi connectivity index (χ2v) is 6.78. The van der Waals surface area contributed by atoms with Crippen LogP contribution in [0.4, 0.5) is 0 Å². The Morgan fingerprint density at radius 1 is 1.32 bits per heavy atom. The summed E-state index contributed by atoms with van der Waals surface area (Å²) in [4.78, 5) is 0. The molecule has 1 aromatic carbocycles. The molecule has 2 aliphatic rings. The molecule has 1 aromatic rings. The van der Waals surface area contributed by atoms with E-state index in [9.17, 15) is 0 Å². The first-order chi connectivity index (χ1) is 9.17. The summed E-state index contributed by atoms with van der Waals surface area (Å²) in [6.45, 7) is 6.83. The van der Waals surface area contributed by atoms with E-state index in [1.807, 2.05) is 0 Å². The molecule has 0 amide bonds. The van der Waals surface area contributed by atoms with Crippen molar-refractivity contribution in [2.24, 2.45) is 11.3 Å². The van der Waals surface area contributed by atoms with Crippen molar-refractivity contribution in [2.75, 3.05) is 13.1 Å². The van der Waals surface area contributed by atoms with Crippen LogP contribution in [0.1, 0.15) is 38.7 Å². The van der Waals surface area contributed by atoms with Crippen molar-refractivity contribution in [3.8, 4) is 5.75 Å². The van der Waals surface area contributed by atoms with Gasteiger partial charge in [0.05, 0.1) is 0 Å². The van der Waals surface area contributed by atoms with Crippen molar-refractivity contribution < 1.29 is 4.74 Å². The summed E-state index contributed by atoms with van der Waals surface area (Å²) in [6.07, 6.45) is 5.46. The molecule has 3 rings (SSSR count). The van der Waals surface area contributed by atoms with E-state index >= 15 is 0 Å². The predicted octanol–water partition coefficient (Wildman–Crippen LogP) is 3.41. The van der Waals surface area contributed by atoms with E-state index in [4.69, 9.17) is 4.74 Å². The lowest BCUT2D eigenvalue weighted by Gasteiger charge is -2.20. The maximum absolute atomic E-state index is 6.08. The van der Waals surface area contributed by atoms with Crippen LogP contribution >= 0.6 is 0 Å². The molecule has 1 atom stereocenters. The Balaban J connectivity index is 1.50. The first kappa shape index (κ1) is 13.0. The predicted molar refractivity (Wildman–Crippen MR) is 78.6 cm³/mol. The highest BCUT2D eigenvalue weighted by molar-refractivity contribution is 5.37. The highest BCUT2D eigenvalue weighted by Gasteiger charge is 2.45. The molecular weight excluding hydrogens is 234 g/mol. The molecule has 1 heterocycles. The Labute approximate surface area is 116 Å². The van der Waals surface area contributed by atoms with Gasteiger partial charge >= 0.3 is 0 Å². The summed E-state index contributed by atoms with van der Waals surface area (Å²) in [5, 5.41) is 3.63. The summed E-state index contributed by atoms with van der Waals surface area (Å²) in [7, 11) is 0. The fourth-order valence-corrected chi connectivity index (χ4v) is 3.11. The number of rotatable bonds is 6. The van der Waals surface area contributed by atoms with E-state index in [1.165, 1.54) is 31.4 Å². The maximum Gasteiger partial charge on any atom is 0.123 e. The van der Waals surface area contributed by atoms with E-state index in [1.54, 1.807) is 0 Å². The van der Waals surface area contributed by atoms with Crippen LogP contribution in [0.2, 0.25) is 0 Å². The SMILES string of the molecule is CC(C)CNCC1(CC2Cc3ccccc3O2)CC1. The average molecular weight is 259 g/mol. The highest BCUT2D eigenvalue weighted by Crippen LogP contribution is 2.50.